The van der Waals surface area contributed by atoms with Gasteiger partial charge >= 0.3 is 0 Å². The van der Waals surface area contributed by atoms with Crippen molar-refractivity contribution in [1.29, 1.82) is 0 Å². The van der Waals surface area contributed by atoms with Gasteiger partial charge < -0.3 is 5.73 Å². The third-order valence-electron chi connectivity index (χ3n) is 5.17. The zero-order valence-corrected chi connectivity index (χ0v) is 13.5. The van der Waals surface area contributed by atoms with Crippen LogP contribution < -0.4 is 5.73 Å². The number of nitrogens with two attached hydrogens (primary N) is 1. The van der Waals surface area contributed by atoms with Crippen LogP contribution in [-0.4, -0.2) is 29.6 Å². The summed E-state index contributed by atoms with van der Waals surface area (Å²) in [6.45, 7) is 11.7. The van der Waals surface area contributed by atoms with Gasteiger partial charge in [0, 0.05) is 18.1 Å². The highest BCUT2D eigenvalue weighted by atomic mass is 15.3. The van der Waals surface area contributed by atoms with E-state index in [2.05, 4.69) is 32.6 Å². The third kappa shape index (κ3) is 3.52. The number of unbranched alkanes of at least 4 members (excludes halogenated alkanes) is 1. The topological polar surface area (TPSA) is 29.3 Å². The summed E-state index contributed by atoms with van der Waals surface area (Å²) in [5.41, 5.74) is 7.06. The molecule has 112 valence electrons. The highest BCUT2D eigenvalue weighted by Crippen LogP contribution is 2.48. The van der Waals surface area contributed by atoms with Gasteiger partial charge in [0.25, 0.3) is 0 Å². The summed E-state index contributed by atoms with van der Waals surface area (Å²) in [7, 11) is 0. The molecule has 2 atom stereocenters. The van der Waals surface area contributed by atoms with E-state index < -0.39 is 0 Å². The van der Waals surface area contributed by atoms with E-state index in [0.29, 0.717) is 5.41 Å². The second-order valence-electron chi connectivity index (χ2n) is 8.06. The van der Waals surface area contributed by atoms with Crippen molar-refractivity contribution in [3.05, 3.63) is 0 Å². The minimum atomic E-state index is 0.289. The van der Waals surface area contributed by atoms with Gasteiger partial charge in [-0.15, -0.1) is 0 Å². The second-order valence-corrected chi connectivity index (χ2v) is 8.06. The standard InChI is InChI=1S/C17H34N2/c1-5-6-9-19(15-7-8-15)17(13-18)11-14(2)10-16(3,4)12-17/h14-15H,5-13,18H2,1-4H3. The molecule has 0 aromatic rings. The van der Waals surface area contributed by atoms with E-state index in [4.69, 9.17) is 5.73 Å². The first-order chi connectivity index (χ1) is 8.92. The fourth-order valence-electron chi connectivity index (χ4n) is 4.71. The van der Waals surface area contributed by atoms with Crippen LogP contribution >= 0.6 is 0 Å². The Labute approximate surface area is 120 Å². The first kappa shape index (κ1) is 15.3. The average molecular weight is 266 g/mol. The molecule has 0 amide bonds. The summed E-state index contributed by atoms with van der Waals surface area (Å²) in [5, 5.41) is 0. The zero-order chi connectivity index (χ0) is 14.1. The van der Waals surface area contributed by atoms with Crippen LogP contribution in [0.4, 0.5) is 0 Å². The molecule has 0 saturated heterocycles. The number of rotatable bonds is 6. The Balaban J connectivity index is 2.18. The minimum absolute atomic E-state index is 0.289. The highest BCUT2D eigenvalue weighted by Gasteiger charge is 2.49. The molecule has 2 rings (SSSR count). The molecule has 0 spiro atoms. The van der Waals surface area contributed by atoms with E-state index in [-0.39, 0.29) is 5.54 Å². The summed E-state index contributed by atoms with van der Waals surface area (Å²) in [6.07, 6.45) is 9.39. The van der Waals surface area contributed by atoms with Crippen LogP contribution in [0.15, 0.2) is 0 Å². The Hall–Kier alpha value is -0.0800. The van der Waals surface area contributed by atoms with Crippen molar-refractivity contribution in [3.8, 4) is 0 Å². The average Bonchev–Trinajstić information content (AvgIpc) is 3.11. The van der Waals surface area contributed by atoms with Gasteiger partial charge in [-0.25, -0.2) is 0 Å². The van der Waals surface area contributed by atoms with Gasteiger partial charge in [-0.05, 0) is 56.4 Å². The van der Waals surface area contributed by atoms with Gasteiger partial charge in [-0.1, -0.05) is 34.1 Å². The third-order valence-corrected chi connectivity index (χ3v) is 5.17. The molecule has 0 bridgehead atoms. The lowest BCUT2D eigenvalue weighted by Crippen LogP contribution is -2.60. The molecule has 19 heavy (non-hydrogen) atoms. The van der Waals surface area contributed by atoms with Crippen molar-refractivity contribution in [2.45, 2.75) is 84.2 Å². The van der Waals surface area contributed by atoms with E-state index in [1.165, 1.54) is 51.5 Å². The van der Waals surface area contributed by atoms with E-state index in [0.717, 1.165) is 18.5 Å². The number of nitrogens with zero attached hydrogens (tertiary/aromatic N) is 1. The Bertz CT molecular complexity index is 296. The van der Waals surface area contributed by atoms with Crippen molar-refractivity contribution < 1.29 is 0 Å². The number of hydrogen-bond donors (Lipinski definition) is 1. The maximum absolute atomic E-state index is 6.32. The van der Waals surface area contributed by atoms with Gasteiger partial charge in [0.1, 0.15) is 0 Å². The van der Waals surface area contributed by atoms with E-state index in [9.17, 15) is 0 Å². The lowest BCUT2D eigenvalue weighted by atomic mass is 9.63. The van der Waals surface area contributed by atoms with Crippen LogP contribution in [0.5, 0.6) is 0 Å². The largest absolute Gasteiger partial charge is 0.329 e. The normalized spacial score (nSPS) is 34.7. The molecule has 0 aromatic heterocycles. The summed E-state index contributed by atoms with van der Waals surface area (Å²) < 4.78 is 0. The van der Waals surface area contributed by atoms with Crippen molar-refractivity contribution in [2.24, 2.45) is 17.1 Å². The minimum Gasteiger partial charge on any atom is -0.329 e. The van der Waals surface area contributed by atoms with Gasteiger partial charge in [-0.2, -0.15) is 0 Å². The molecule has 0 radical (unpaired) electrons. The molecule has 0 aromatic carbocycles. The molecule has 2 saturated carbocycles. The predicted molar refractivity (Wildman–Crippen MR) is 83.2 cm³/mol. The van der Waals surface area contributed by atoms with E-state index in [1.807, 2.05) is 0 Å². The van der Waals surface area contributed by atoms with E-state index in [1.54, 1.807) is 0 Å². The first-order valence-corrected chi connectivity index (χ1v) is 8.39. The lowest BCUT2D eigenvalue weighted by Gasteiger charge is -2.53. The zero-order valence-electron chi connectivity index (χ0n) is 13.5. The SMILES string of the molecule is CCCCN(C1CC1)C1(CN)CC(C)CC(C)(C)C1. The van der Waals surface area contributed by atoms with Crippen LogP contribution in [0.1, 0.15) is 72.6 Å². The highest BCUT2D eigenvalue weighted by molar-refractivity contribution is 5.05. The van der Waals surface area contributed by atoms with Gasteiger partial charge in [0.2, 0.25) is 0 Å². The van der Waals surface area contributed by atoms with Crippen LogP contribution in [0, 0.1) is 11.3 Å². The van der Waals surface area contributed by atoms with Crippen molar-refractivity contribution in [2.75, 3.05) is 13.1 Å². The molecule has 2 aliphatic rings. The second kappa shape index (κ2) is 5.73. The Kier molecular flexibility index (Phi) is 4.62. The molecule has 2 fully saturated rings. The number of hydrogen-bond acceptors (Lipinski definition) is 2. The lowest BCUT2D eigenvalue weighted by molar-refractivity contribution is -0.0177. The first-order valence-electron chi connectivity index (χ1n) is 8.39. The van der Waals surface area contributed by atoms with Gasteiger partial charge in [0.15, 0.2) is 0 Å². The van der Waals surface area contributed by atoms with Gasteiger partial charge in [-0.3, -0.25) is 4.90 Å². The molecule has 2 nitrogen and oxygen atoms in total. The van der Waals surface area contributed by atoms with Crippen molar-refractivity contribution >= 4 is 0 Å². The molecule has 2 heteroatoms. The quantitative estimate of drug-likeness (QED) is 0.792. The fourth-order valence-corrected chi connectivity index (χ4v) is 4.71. The molecule has 2 aliphatic carbocycles. The van der Waals surface area contributed by atoms with Crippen LogP contribution in [0.2, 0.25) is 0 Å². The monoisotopic (exact) mass is 266 g/mol. The van der Waals surface area contributed by atoms with Crippen LogP contribution in [0.3, 0.4) is 0 Å². The molecule has 2 N–H and O–H groups in total. The van der Waals surface area contributed by atoms with Crippen LogP contribution in [0.25, 0.3) is 0 Å². The molecule has 0 heterocycles. The molecular weight excluding hydrogens is 232 g/mol. The van der Waals surface area contributed by atoms with Crippen molar-refractivity contribution in [1.82, 2.24) is 4.90 Å². The maximum Gasteiger partial charge on any atom is 0.0342 e. The molecule has 0 aliphatic heterocycles. The summed E-state index contributed by atoms with van der Waals surface area (Å²) in [6, 6.07) is 0.844. The summed E-state index contributed by atoms with van der Waals surface area (Å²) >= 11 is 0. The maximum atomic E-state index is 6.32. The molecule has 2 unspecified atom stereocenters. The molecular formula is C17H34N2. The summed E-state index contributed by atoms with van der Waals surface area (Å²) in [4.78, 5) is 2.83. The predicted octanol–water partition coefficient (Wildman–Crippen LogP) is 3.79. The van der Waals surface area contributed by atoms with Crippen molar-refractivity contribution in [3.63, 3.8) is 0 Å². The summed E-state index contributed by atoms with van der Waals surface area (Å²) in [5.74, 6) is 0.815. The fraction of sp³-hybridized carbons (Fsp3) is 1.00. The Morgan fingerprint density at radius 1 is 1.21 bits per heavy atom. The van der Waals surface area contributed by atoms with E-state index >= 15 is 0 Å². The van der Waals surface area contributed by atoms with Crippen LogP contribution in [-0.2, 0) is 0 Å². The Morgan fingerprint density at radius 3 is 2.37 bits per heavy atom. The Morgan fingerprint density at radius 2 is 1.89 bits per heavy atom. The van der Waals surface area contributed by atoms with Gasteiger partial charge in [0.05, 0.1) is 0 Å². The smallest absolute Gasteiger partial charge is 0.0342 e.